The lowest BCUT2D eigenvalue weighted by molar-refractivity contribution is -0.120. The van der Waals surface area contributed by atoms with Gasteiger partial charge in [-0.15, -0.1) is 0 Å². The van der Waals surface area contributed by atoms with E-state index in [1.807, 2.05) is 49.5 Å². The summed E-state index contributed by atoms with van der Waals surface area (Å²) in [5.41, 5.74) is 3.11. The molecule has 29 heavy (non-hydrogen) atoms. The van der Waals surface area contributed by atoms with E-state index in [1.165, 1.54) is 11.1 Å². The number of likely N-dealkylation sites (N-methyl/N-ethyl adjacent to an activating group) is 1. The van der Waals surface area contributed by atoms with Crippen molar-refractivity contribution in [2.75, 3.05) is 26.7 Å². The minimum Gasteiger partial charge on any atom is -0.355 e. The fourth-order valence-electron chi connectivity index (χ4n) is 2.96. The number of hydrogen-bond acceptors (Lipinski definition) is 3. The first-order valence-corrected chi connectivity index (χ1v) is 10.1. The van der Waals surface area contributed by atoms with Crippen LogP contribution < -0.4 is 10.6 Å². The topological polar surface area (TPSA) is 61.4 Å². The molecule has 156 valence electrons. The third-order valence-corrected chi connectivity index (χ3v) is 4.76. The van der Waals surface area contributed by atoms with Crippen LogP contribution in [0.25, 0.3) is 0 Å². The smallest absolute Gasteiger partial charge is 0.251 e. The van der Waals surface area contributed by atoms with E-state index in [2.05, 4.69) is 48.4 Å². The molecule has 0 fully saturated rings. The number of hydrogen-bond donors (Lipinski definition) is 2. The normalized spacial score (nSPS) is 11.3. The van der Waals surface area contributed by atoms with Crippen molar-refractivity contribution >= 4 is 11.8 Å². The maximum Gasteiger partial charge on any atom is 0.251 e. The van der Waals surface area contributed by atoms with Crippen LogP contribution in [0.1, 0.15) is 48.7 Å². The van der Waals surface area contributed by atoms with E-state index in [4.69, 9.17) is 0 Å². The predicted molar refractivity (Wildman–Crippen MR) is 118 cm³/mol. The van der Waals surface area contributed by atoms with E-state index in [9.17, 15) is 9.59 Å². The standard InChI is InChI=1S/C24H33N3O2/c1-24(2,3)21-12-10-20(11-13-21)23(29)26-15-14-22(28)25-16-17-27(4)18-19-8-6-5-7-9-19/h5-13H,14-18H2,1-4H3,(H,25,28)(H,26,29). The molecule has 0 unspecified atom stereocenters. The molecule has 0 heterocycles. The summed E-state index contributed by atoms with van der Waals surface area (Å²) in [6, 6.07) is 17.9. The van der Waals surface area contributed by atoms with Crippen LogP contribution in [0.4, 0.5) is 0 Å². The molecule has 2 amide bonds. The molecule has 0 bridgehead atoms. The van der Waals surface area contributed by atoms with Crippen LogP contribution in [0.3, 0.4) is 0 Å². The van der Waals surface area contributed by atoms with E-state index < -0.39 is 0 Å². The van der Waals surface area contributed by atoms with Crippen LogP contribution in [-0.2, 0) is 16.8 Å². The van der Waals surface area contributed by atoms with Crippen molar-refractivity contribution in [1.29, 1.82) is 0 Å². The van der Waals surface area contributed by atoms with Gasteiger partial charge in [0.2, 0.25) is 5.91 Å². The van der Waals surface area contributed by atoms with Crippen LogP contribution in [0.15, 0.2) is 54.6 Å². The lowest BCUT2D eigenvalue weighted by atomic mass is 9.87. The zero-order valence-electron chi connectivity index (χ0n) is 18.0. The van der Waals surface area contributed by atoms with Crippen molar-refractivity contribution in [2.24, 2.45) is 0 Å². The van der Waals surface area contributed by atoms with Gasteiger partial charge in [0.15, 0.2) is 0 Å². The number of benzene rings is 2. The van der Waals surface area contributed by atoms with E-state index in [-0.39, 0.29) is 23.7 Å². The Balaban J connectivity index is 1.63. The molecule has 2 rings (SSSR count). The molecule has 5 heteroatoms. The van der Waals surface area contributed by atoms with Crippen molar-refractivity contribution in [3.8, 4) is 0 Å². The van der Waals surface area contributed by atoms with Crippen LogP contribution in [0.5, 0.6) is 0 Å². The van der Waals surface area contributed by atoms with Gasteiger partial charge in [0.25, 0.3) is 5.91 Å². The number of nitrogens with one attached hydrogen (secondary N) is 2. The predicted octanol–water partition coefficient (Wildman–Crippen LogP) is 3.35. The number of carbonyl (C=O) groups excluding carboxylic acids is 2. The average molecular weight is 396 g/mol. The second-order valence-electron chi connectivity index (χ2n) is 8.41. The summed E-state index contributed by atoms with van der Waals surface area (Å²) in [4.78, 5) is 26.4. The Bertz CT molecular complexity index is 780. The number of amides is 2. The molecule has 0 atom stereocenters. The second-order valence-corrected chi connectivity index (χ2v) is 8.41. The first kappa shape index (κ1) is 22.6. The quantitative estimate of drug-likeness (QED) is 0.684. The van der Waals surface area contributed by atoms with Gasteiger partial charge in [-0.05, 0) is 35.7 Å². The fourth-order valence-corrected chi connectivity index (χ4v) is 2.96. The van der Waals surface area contributed by atoms with Crippen LogP contribution >= 0.6 is 0 Å². The van der Waals surface area contributed by atoms with Gasteiger partial charge in [-0.3, -0.25) is 9.59 Å². The van der Waals surface area contributed by atoms with Gasteiger partial charge in [0.05, 0.1) is 0 Å². The minimum absolute atomic E-state index is 0.0542. The Morgan fingerprint density at radius 1 is 0.897 bits per heavy atom. The minimum atomic E-state index is -0.152. The first-order chi connectivity index (χ1) is 13.8. The zero-order chi connectivity index (χ0) is 21.3. The molecule has 0 radical (unpaired) electrons. The third-order valence-electron chi connectivity index (χ3n) is 4.76. The molecule has 2 aromatic rings. The molecule has 0 aliphatic heterocycles. The van der Waals surface area contributed by atoms with Crippen LogP contribution in [-0.4, -0.2) is 43.4 Å². The molecule has 0 saturated heterocycles. The Hall–Kier alpha value is -2.66. The van der Waals surface area contributed by atoms with Gasteiger partial charge in [0.1, 0.15) is 0 Å². The van der Waals surface area contributed by atoms with Gasteiger partial charge >= 0.3 is 0 Å². The number of nitrogens with zero attached hydrogens (tertiary/aromatic N) is 1. The van der Waals surface area contributed by atoms with Crippen LogP contribution in [0.2, 0.25) is 0 Å². The Morgan fingerprint density at radius 2 is 1.55 bits per heavy atom. The highest BCUT2D eigenvalue weighted by Crippen LogP contribution is 2.22. The molecule has 2 aromatic carbocycles. The van der Waals surface area contributed by atoms with E-state index in [1.54, 1.807) is 0 Å². The maximum absolute atomic E-state index is 12.2. The molecule has 0 aliphatic carbocycles. The first-order valence-electron chi connectivity index (χ1n) is 10.1. The largest absolute Gasteiger partial charge is 0.355 e. The second kappa shape index (κ2) is 10.8. The van der Waals surface area contributed by atoms with Gasteiger partial charge in [0, 0.05) is 38.2 Å². The highest BCUT2D eigenvalue weighted by molar-refractivity contribution is 5.94. The van der Waals surface area contributed by atoms with Crippen molar-refractivity contribution in [3.05, 3.63) is 71.3 Å². The maximum atomic E-state index is 12.2. The Morgan fingerprint density at radius 3 is 2.17 bits per heavy atom. The van der Waals surface area contributed by atoms with Gasteiger partial charge < -0.3 is 15.5 Å². The van der Waals surface area contributed by atoms with E-state index in [0.29, 0.717) is 18.7 Å². The monoisotopic (exact) mass is 395 g/mol. The zero-order valence-corrected chi connectivity index (χ0v) is 18.0. The Kier molecular flexibility index (Phi) is 8.40. The Labute approximate surface area is 174 Å². The van der Waals surface area contributed by atoms with Gasteiger partial charge in [-0.25, -0.2) is 0 Å². The molecule has 0 aliphatic rings. The summed E-state index contributed by atoms with van der Waals surface area (Å²) in [6.07, 6.45) is 0.272. The van der Waals surface area contributed by atoms with Crippen LogP contribution in [0, 0.1) is 0 Å². The third kappa shape index (κ3) is 8.08. The van der Waals surface area contributed by atoms with Crippen molar-refractivity contribution < 1.29 is 9.59 Å². The number of carbonyl (C=O) groups is 2. The summed E-state index contributed by atoms with van der Waals surface area (Å²) in [5.74, 6) is -0.206. The van der Waals surface area contributed by atoms with E-state index in [0.717, 1.165) is 13.1 Å². The van der Waals surface area contributed by atoms with Gasteiger partial charge in [-0.2, -0.15) is 0 Å². The lowest BCUT2D eigenvalue weighted by Crippen LogP contribution is -2.35. The van der Waals surface area contributed by atoms with Crippen molar-refractivity contribution in [2.45, 2.75) is 39.2 Å². The molecule has 0 spiro atoms. The molecule has 2 N–H and O–H groups in total. The van der Waals surface area contributed by atoms with Gasteiger partial charge in [-0.1, -0.05) is 63.2 Å². The number of rotatable bonds is 9. The highest BCUT2D eigenvalue weighted by Gasteiger charge is 2.14. The fraction of sp³-hybridized carbons (Fsp3) is 0.417. The summed E-state index contributed by atoms with van der Waals surface area (Å²) < 4.78 is 0. The summed E-state index contributed by atoms with van der Waals surface area (Å²) in [6.45, 7) is 8.95. The molecular weight excluding hydrogens is 362 g/mol. The van der Waals surface area contributed by atoms with Crippen molar-refractivity contribution in [1.82, 2.24) is 15.5 Å². The lowest BCUT2D eigenvalue weighted by Gasteiger charge is -2.19. The SMILES string of the molecule is CN(CCNC(=O)CCNC(=O)c1ccc(C(C)(C)C)cc1)Cc1ccccc1. The summed E-state index contributed by atoms with van der Waals surface area (Å²) in [7, 11) is 2.03. The molecule has 0 saturated carbocycles. The highest BCUT2D eigenvalue weighted by atomic mass is 16.2. The molecule has 0 aromatic heterocycles. The average Bonchev–Trinajstić information content (AvgIpc) is 2.68. The molecular formula is C24H33N3O2. The van der Waals surface area contributed by atoms with E-state index >= 15 is 0 Å². The molecule has 5 nitrogen and oxygen atoms in total. The summed E-state index contributed by atoms with van der Waals surface area (Å²) in [5, 5.41) is 5.71. The van der Waals surface area contributed by atoms with Crippen molar-refractivity contribution in [3.63, 3.8) is 0 Å². The summed E-state index contributed by atoms with van der Waals surface area (Å²) >= 11 is 0.